The molecule has 0 radical (unpaired) electrons. The first-order valence-electron chi connectivity index (χ1n) is 10.3. The monoisotopic (exact) mass is 478 g/mol. The molecule has 3 aromatic rings. The van der Waals surface area contributed by atoms with Crippen LogP contribution in [0.3, 0.4) is 0 Å². The summed E-state index contributed by atoms with van der Waals surface area (Å²) in [4.78, 5) is 36.2. The number of hydrogen-bond donors (Lipinski definition) is 3. The zero-order chi connectivity index (χ0) is 24.5. The largest absolute Gasteiger partial charge is 0.484 e. The summed E-state index contributed by atoms with van der Waals surface area (Å²) in [6.07, 6.45) is 1.36. The number of halogens is 1. The Bertz CT molecular complexity index is 1220. The highest BCUT2D eigenvalue weighted by Crippen LogP contribution is 2.19. The number of rotatable bonds is 7. The van der Waals surface area contributed by atoms with Crippen LogP contribution in [-0.2, 0) is 14.4 Å². The number of anilines is 2. The van der Waals surface area contributed by atoms with Crippen molar-refractivity contribution in [2.75, 3.05) is 17.2 Å². The fourth-order valence-electron chi connectivity index (χ4n) is 2.99. The van der Waals surface area contributed by atoms with E-state index >= 15 is 0 Å². The molecule has 3 aromatic carbocycles. The van der Waals surface area contributed by atoms with E-state index in [2.05, 4.69) is 21.2 Å². The Labute approximate surface area is 202 Å². The first-order valence-corrected chi connectivity index (χ1v) is 10.7. The van der Waals surface area contributed by atoms with Crippen LogP contribution in [0.5, 0.6) is 5.75 Å². The van der Waals surface area contributed by atoms with Crippen molar-refractivity contribution >= 4 is 46.9 Å². The van der Waals surface area contributed by atoms with Crippen LogP contribution in [0, 0.1) is 13.8 Å². The van der Waals surface area contributed by atoms with Gasteiger partial charge in [-0.3, -0.25) is 14.4 Å². The van der Waals surface area contributed by atoms with Gasteiger partial charge in [-0.05, 0) is 60.9 Å². The van der Waals surface area contributed by atoms with Gasteiger partial charge in [0, 0.05) is 16.4 Å². The van der Waals surface area contributed by atoms with Crippen LogP contribution in [0.15, 0.2) is 71.8 Å². The third kappa shape index (κ3) is 7.18. The van der Waals surface area contributed by atoms with Gasteiger partial charge in [-0.25, -0.2) is 5.43 Å². The fraction of sp³-hybridized carbons (Fsp3) is 0.120. The summed E-state index contributed by atoms with van der Waals surface area (Å²) in [6.45, 7) is 3.67. The summed E-state index contributed by atoms with van der Waals surface area (Å²) < 4.78 is 5.57. The maximum atomic E-state index is 12.3. The molecular formula is C25H23ClN4O4. The predicted molar refractivity (Wildman–Crippen MR) is 132 cm³/mol. The van der Waals surface area contributed by atoms with E-state index in [1.165, 1.54) is 12.3 Å². The maximum absolute atomic E-state index is 12.3. The van der Waals surface area contributed by atoms with Gasteiger partial charge >= 0.3 is 11.8 Å². The van der Waals surface area contributed by atoms with Gasteiger partial charge in [0.05, 0.1) is 6.21 Å². The van der Waals surface area contributed by atoms with E-state index < -0.39 is 11.8 Å². The Kier molecular flexibility index (Phi) is 8.37. The van der Waals surface area contributed by atoms with Crippen molar-refractivity contribution in [2.45, 2.75) is 13.8 Å². The van der Waals surface area contributed by atoms with Crippen LogP contribution in [-0.4, -0.2) is 30.5 Å². The molecule has 8 nitrogen and oxygen atoms in total. The van der Waals surface area contributed by atoms with Crippen molar-refractivity contribution in [1.82, 2.24) is 5.43 Å². The lowest BCUT2D eigenvalue weighted by Gasteiger charge is -2.12. The van der Waals surface area contributed by atoms with Crippen molar-refractivity contribution in [3.63, 3.8) is 0 Å². The van der Waals surface area contributed by atoms with Gasteiger partial charge in [0.15, 0.2) is 6.61 Å². The van der Waals surface area contributed by atoms with E-state index in [0.717, 1.165) is 16.8 Å². The normalized spacial score (nSPS) is 10.6. The average Bonchev–Trinajstić information content (AvgIpc) is 2.80. The molecule has 0 aliphatic rings. The van der Waals surface area contributed by atoms with Crippen molar-refractivity contribution in [2.24, 2.45) is 5.10 Å². The fourth-order valence-corrected chi connectivity index (χ4v) is 3.18. The number of benzene rings is 3. The van der Waals surface area contributed by atoms with Crippen molar-refractivity contribution in [3.8, 4) is 5.75 Å². The smallest absolute Gasteiger partial charge is 0.329 e. The molecule has 174 valence electrons. The third-order valence-electron chi connectivity index (χ3n) is 4.64. The summed E-state index contributed by atoms with van der Waals surface area (Å²) in [7, 11) is 0. The number of carbonyl (C=O) groups excluding carboxylic acids is 3. The van der Waals surface area contributed by atoms with E-state index in [-0.39, 0.29) is 12.5 Å². The summed E-state index contributed by atoms with van der Waals surface area (Å²) >= 11 is 5.85. The third-order valence-corrected chi connectivity index (χ3v) is 4.88. The molecule has 34 heavy (non-hydrogen) atoms. The van der Waals surface area contributed by atoms with Crippen LogP contribution < -0.4 is 20.8 Å². The highest BCUT2D eigenvalue weighted by molar-refractivity contribution is 6.39. The van der Waals surface area contributed by atoms with Crippen LogP contribution >= 0.6 is 11.6 Å². The molecule has 3 amide bonds. The van der Waals surface area contributed by atoms with E-state index in [0.29, 0.717) is 22.0 Å². The molecule has 0 aromatic heterocycles. The van der Waals surface area contributed by atoms with Crippen LogP contribution in [0.1, 0.15) is 16.7 Å². The number of hydrazone groups is 1. The molecule has 0 spiro atoms. The minimum Gasteiger partial charge on any atom is -0.484 e. The second kappa shape index (κ2) is 11.6. The lowest BCUT2D eigenvalue weighted by molar-refractivity contribution is -0.136. The molecule has 0 bridgehead atoms. The standard InChI is InChI=1S/C25H23ClN4O4/c1-16-6-3-7-17(2)23(16)29-22(31)15-34-21-11-4-8-18(12-21)14-27-30-25(33)24(32)28-20-10-5-9-19(26)13-20/h3-14H,15H2,1-2H3,(H,28,32)(H,29,31)(H,30,33)/b27-14-. The Morgan fingerprint density at radius 1 is 0.912 bits per heavy atom. The lowest BCUT2D eigenvalue weighted by atomic mass is 10.1. The summed E-state index contributed by atoms with van der Waals surface area (Å²) in [5.41, 5.74) is 5.85. The first kappa shape index (κ1) is 24.5. The Hall–Kier alpha value is -4.17. The quantitative estimate of drug-likeness (QED) is 0.270. The molecule has 0 aliphatic carbocycles. The van der Waals surface area contributed by atoms with E-state index in [9.17, 15) is 14.4 Å². The van der Waals surface area contributed by atoms with Gasteiger partial charge in [0.2, 0.25) is 0 Å². The van der Waals surface area contributed by atoms with Gasteiger partial charge in [0.25, 0.3) is 5.91 Å². The molecule has 0 saturated carbocycles. The summed E-state index contributed by atoms with van der Waals surface area (Å²) in [5, 5.41) is 9.50. The molecule has 0 atom stereocenters. The number of nitrogens with zero attached hydrogens (tertiary/aromatic N) is 1. The van der Waals surface area contributed by atoms with Crippen molar-refractivity contribution in [1.29, 1.82) is 0 Å². The molecule has 0 unspecified atom stereocenters. The zero-order valence-electron chi connectivity index (χ0n) is 18.6. The average molecular weight is 479 g/mol. The SMILES string of the molecule is Cc1cccc(C)c1NC(=O)COc1cccc(/C=N\NC(=O)C(=O)Nc2cccc(Cl)c2)c1. The first-order chi connectivity index (χ1) is 16.3. The summed E-state index contributed by atoms with van der Waals surface area (Å²) in [6, 6.07) is 19.0. The minimum atomic E-state index is -0.938. The number of aryl methyl sites for hydroxylation is 2. The molecule has 0 fully saturated rings. The topological polar surface area (TPSA) is 109 Å². The maximum Gasteiger partial charge on any atom is 0.329 e. The number of carbonyl (C=O) groups is 3. The summed E-state index contributed by atoms with van der Waals surface area (Å²) in [5.74, 6) is -1.65. The molecule has 9 heteroatoms. The van der Waals surface area contributed by atoms with E-state index in [1.807, 2.05) is 32.0 Å². The number of hydrogen-bond acceptors (Lipinski definition) is 5. The van der Waals surface area contributed by atoms with Gasteiger partial charge in [-0.1, -0.05) is 48.0 Å². The predicted octanol–water partition coefficient (Wildman–Crippen LogP) is 4.06. The van der Waals surface area contributed by atoms with E-state index in [1.54, 1.807) is 42.5 Å². The highest BCUT2D eigenvalue weighted by atomic mass is 35.5. The van der Waals surface area contributed by atoms with Gasteiger partial charge in [-0.2, -0.15) is 5.10 Å². The van der Waals surface area contributed by atoms with Gasteiger partial charge in [0.1, 0.15) is 5.75 Å². The lowest BCUT2D eigenvalue weighted by Crippen LogP contribution is -2.32. The second-order valence-electron chi connectivity index (χ2n) is 7.34. The molecule has 0 aliphatic heterocycles. The highest BCUT2D eigenvalue weighted by Gasteiger charge is 2.13. The minimum absolute atomic E-state index is 0.172. The Balaban J connectivity index is 1.50. The number of nitrogens with one attached hydrogen (secondary N) is 3. The molecule has 3 N–H and O–H groups in total. The number of amides is 3. The van der Waals surface area contributed by atoms with Crippen LogP contribution in [0.2, 0.25) is 5.02 Å². The van der Waals surface area contributed by atoms with E-state index in [4.69, 9.17) is 16.3 Å². The number of ether oxygens (including phenoxy) is 1. The van der Waals surface area contributed by atoms with Crippen LogP contribution in [0.4, 0.5) is 11.4 Å². The molecule has 0 heterocycles. The van der Waals surface area contributed by atoms with Crippen LogP contribution in [0.25, 0.3) is 0 Å². The van der Waals surface area contributed by atoms with Crippen molar-refractivity contribution in [3.05, 3.63) is 88.4 Å². The molecule has 0 saturated heterocycles. The molecule has 3 rings (SSSR count). The second-order valence-corrected chi connectivity index (χ2v) is 7.78. The van der Waals surface area contributed by atoms with Crippen molar-refractivity contribution < 1.29 is 19.1 Å². The van der Waals surface area contributed by atoms with Gasteiger partial charge in [-0.15, -0.1) is 0 Å². The zero-order valence-corrected chi connectivity index (χ0v) is 19.3. The van der Waals surface area contributed by atoms with Gasteiger partial charge < -0.3 is 15.4 Å². The Morgan fingerprint density at radius 2 is 1.62 bits per heavy atom. The Morgan fingerprint density at radius 3 is 2.35 bits per heavy atom. The molecular weight excluding hydrogens is 456 g/mol. The number of para-hydroxylation sites is 1.